The molecule has 0 N–H and O–H groups in total. The van der Waals surface area contributed by atoms with Crippen LogP contribution in [0.4, 0.5) is 0 Å². The molecule has 0 aromatic heterocycles. The maximum atomic E-state index is 9.12. The fraction of sp³-hybridized carbons (Fsp3) is 0.0500. The highest BCUT2D eigenvalue weighted by atomic mass is 16.5. The Balaban J connectivity index is 2.17. The minimum Gasteiger partial charge on any atom is -0.496 e. The van der Waals surface area contributed by atoms with E-state index in [1.54, 1.807) is 7.11 Å². The number of ether oxygens (including phenoxy) is 1. The first kappa shape index (κ1) is 13.9. The summed E-state index contributed by atoms with van der Waals surface area (Å²) in [5, 5.41) is 11.2. The maximum absolute atomic E-state index is 9.12. The molecule has 0 aliphatic carbocycles. The van der Waals surface area contributed by atoms with E-state index in [1.165, 1.54) is 0 Å². The molecule has 0 atom stereocenters. The first-order chi connectivity index (χ1) is 10.8. The van der Waals surface area contributed by atoms with Gasteiger partial charge in [0.1, 0.15) is 5.75 Å². The Bertz CT molecular complexity index is 873. The summed E-state index contributed by atoms with van der Waals surface area (Å²) in [6.07, 6.45) is 4.09. The third kappa shape index (κ3) is 2.70. The highest BCUT2D eigenvalue weighted by Gasteiger charge is 2.06. The average Bonchev–Trinajstić information content (AvgIpc) is 2.59. The molecular formula is C20H15NO. The van der Waals surface area contributed by atoms with E-state index in [1.807, 2.05) is 54.6 Å². The van der Waals surface area contributed by atoms with E-state index < -0.39 is 0 Å². The molecule has 0 amide bonds. The minimum absolute atomic E-state index is 0.648. The number of hydrogen-bond donors (Lipinski definition) is 0. The first-order valence-electron chi connectivity index (χ1n) is 7.06. The van der Waals surface area contributed by atoms with Crippen molar-refractivity contribution in [2.45, 2.75) is 0 Å². The molecule has 106 valence electrons. The zero-order chi connectivity index (χ0) is 15.4. The molecule has 0 radical (unpaired) electrons. The number of methoxy groups -OCH3 is 1. The number of hydrogen-bond acceptors (Lipinski definition) is 2. The summed E-state index contributed by atoms with van der Waals surface area (Å²) in [5.41, 5.74) is 2.76. The molecule has 0 fully saturated rings. The number of rotatable bonds is 3. The fourth-order valence-corrected chi connectivity index (χ4v) is 2.49. The van der Waals surface area contributed by atoms with E-state index in [0.717, 1.165) is 27.6 Å². The van der Waals surface area contributed by atoms with Crippen LogP contribution in [0.5, 0.6) is 5.75 Å². The highest BCUT2D eigenvalue weighted by Crippen LogP contribution is 2.30. The Morgan fingerprint density at radius 2 is 1.73 bits per heavy atom. The second kappa shape index (κ2) is 6.15. The van der Waals surface area contributed by atoms with Gasteiger partial charge in [0.25, 0.3) is 0 Å². The second-order valence-corrected chi connectivity index (χ2v) is 4.97. The molecule has 0 bridgehead atoms. The largest absolute Gasteiger partial charge is 0.496 e. The van der Waals surface area contributed by atoms with E-state index in [2.05, 4.69) is 24.3 Å². The van der Waals surface area contributed by atoms with Gasteiger partial charge in [-0.15, -0.1) is 0 Å². The summed E-state index contributed by atoms with van der Waals surface area (Å²) in [5.74, 6) is 0.801. The number of nitrogens with zero attached hydrogens (tertiary/aromatic N) is 1. The van der Waals surface area contributed by atoms with Crippen molar-refractivity contribution in [1.82, 2.24) is 0 Å². The third-order valence-corrected chi connectivity index (χ3v) is 3.61. The van der Waals surface area contributed by atoms with Gasteiger partial charge in [0.05, 0.1) is 18.7 Å². The normalized spacial score (nSPS) is 10.7. The zero-order valence-electron chi connectivity index (χ0n) is 12.3. The predicted molar refractivity (Wildman–Crippen MR) is 90.6 cm³/mol. The van der Waals surface area contributed by atoms with Gasteiger partial charge in [0.2, 0.25) is 0 Å². The van der Waals surface area contributed by atoms with Gasteiger partial charge in [-0.25, -0.2) is 0 Å². The van der Waals surface area contributed by atoms with Gasteiger partial charge in [0.15, 0.2) is 0 Å². The number of benzene rings is 3. The minimum atomic E-state index is 0.648. The van der Waals surface area contributed by atoms with Crippen LogP contribution in [0.1, 0.15) is 16.7 Å². The molecule has 3 rings (SSSR count). The lowest BCUT2D eigenvalue weighted by Gasteiger charge is -2.09. The summed E-state index contributed by atoms with van der Waals surface area (Å²) in [7, 11) is 1.66. The van der Waals surface area contributed by atoms with E-state index in [9.17, 15) is 0 Å². The Morgan fingerprint density at radius 3 is 2.45 bits per heavy atom. The maximum Gasteiger partial charge on any atom is 0.126 e. The summed E-state index contributed by atoms with van der Waals surface area (Å²) < 4.78 is 5.48. The average molecular weight is 285 g/mol. The van der Waals surface area contributed by atoms with Crippen molar-refractivity contribution in [3.05, 3.63) is 77.4 Å². The molecule has 2 heteroatoms. The van der Waals surface area contributed by atoms with E-state index in [4.69, 9.17) is 10.00 Å². The van der Waals surface area contributed by atoms with Crippen LogP contribution in [-0.2, 0) is 0 Å². The summed E-state index contributed by atoms with van der Waals surface area (Å²) in [6.45, 7) is 0. The quantitative estimate of drug-likeness (QED) is 0.642. The van der Waals surface area contributed by atoms with Gasteiger partial charge < -0.3 is 4.74 Å². The second-order valence-electron chi connectivity index (χ2n) is 4.97. The van der Waals surface area contributed by atoms with Crippen molar-refractivity contribution >= 4 is 22.9 Å². The summed E-state index contributed by atoms with van der Waals surface area (Å²) in [6, 6.07) is 22.0. The van der Waals surface area contributed by atoms with Crippen LogP contribution in [0.3, 0.4) is 0 Å². The molecule has 2 nitrogen and oxygen atoms in total. The van der Waals surface area contributed by atoms with Crippen LogP contribution in [0.25, 0.3) is 22.9 Å². The van der Waals surface area contributed by atoms with Gasteiger partial charge in [-0.05, 0) is 34.5 Å². The van der Waals surface area contributed by atoms with Gasteiger partial charge in [-0.3, -0.25) is 0 Å². The molecule has 0 unspecified atom stereocenters. The molecule has 3 aromatic carbocycles. The molecule has 0 aliphatic rings. The summed E-state index contributed by atoms with van der Waals surface area (Å²) in [4.78, 5) is 0. The van der Waals surface area contributed by atoms with Gasteiger partial charge in [-0.2, -0.15) is 5.26 Å². The van der Waals surface area contributed by atoms with E-state index in [-0.39, 0.29) is 0 Å². The standard InChI is InChI=1S/C20H15NO/c1-22-20-12-10-17-9-7-16(14-21)13-19(17)18(20)11-8-15-5-3-2-4-6-15/h2-13H,1H3/b11-8+. The van der Waals surface area contributed by atoms with Crippen molar-refractivity contribution in [2.75, 3.05) is 7.11 Å². The molecule has 0 saturated heterocycles. The van der Waals surface area contributed by atoms with Crippen molar-refractivity contribution in [2.24, 2.45) is 0 Å². The predicted octanol–water partition coefficient (Wildman–Crippen LogP) is 4.89. The molecule has 3 aromatic rings. The fourth-order valence-electron chi connectivity index (χ4n) is 2.49. The van der Waals surface area contributed by atoms with Crippen LogP contribution in [0.2, 0.25) is 0 Å². The van der Waals surface area contributed by atoms with Crippen molar-refractivity contribution in [3.63, 3.8) is 0 Å². The lowest BCUT2D eigenvalue weighted by molar-refractivity contribution is 0.414. The van der Waals surface area contributed by atoms with Crippen molar-refractivity contribution < 1.29 is 4.74 Å². The topological polar surface area (TPSA) is 33.0 Å². The van der Waals surface area contributed by atoms with Crippen molar-refractivity contribution in [1.29, 1.82) is 5.26 Å². The monoisotopic (exact) mass is 285 g/mol. The van der Waals surface area contributed by atoms with Gasteiger partial charge in [0, 0.05) is 5.56 Å². The summed E-state index contributed by atoms with van der Waals surface area (Å²) >= 11 is 0. The van der Waals surface area contributed by atoms with Gasteiger partial charge in [-0.1, -0.05) is 54.6 Å². The number of fused-ring (bicyclic) bond motifs is 1. The Labute approximate surface area is 129 Å². The number of nitriles is 1. The first-order valence-corrected chi connectivity index (χ1v) is 7.06. The van der Waals surface area contributed by atoms with Crippen molar-refractivity contribution in [3.8, 4) is 11.8 Å². The highest BCUT2D eigenvalue weighted by molar-refractivity contribution is 5.96. The van der Waals surface area contributed by atoms with Crippen LogP contribution in [0.15, 0.2) is 60.7 Å². The molecule has 0 heterocycles. The lowest BCUT2D eigenvalue weighted by atomic mass is 10.00. The molecule has 0 aliphatic heterocycles. The SMILES string of the molecule is COc1ccc2ccc(C#N)cc2c1/C=C/c1ccccc1. The molecular weight excluding hydrogens is 270 g/mol. The van der Waals surface area contributed by atoms with Crippen LogP contribution < -0.4 is 4.74 Å². The molecule has 22 heavy (non-hydrogen) atoms. The third-order valence-electron chi connectivity index (χ3n) is 3.61. The smallest absolute Gasteiger partial charge is 0.126 e. The van der Waals surface area contributed by atoms with E-state index in [0.29, 0.717) is 5.56 Å². The van der Waals surface area contributed by atoms with Crippen LogP contribution in [0, 0.1) is 11.3 Å². The van der Waals surface area contributed by atoms with Gasteiger partial charge >= 0.3 is 0 Å². The Morgan fingerprint density at radius 1 is 0.955 bits per heavy atom. The molecule has 0 saturated carbocycles. The zero-order valence-corrected chi connectivity index (χ0v) is 12.3. The lowest BCUT2D eigenvalue weighted by Crippen LogP contribution is -1.89. The molecule has 0 spiro atoms. The van der Waals surface area contributed by atoms with E-state index >= 15 is 0 Å². The Hall–Kier alpha value is -3.05. The Kier molecular flexibility index (Phi) is 3.89. The van der Waals surface area contributed by atoms with Crippen LogP contribution >= 0.6 is 0 Å². The van der Waals surface area contributed by atoms with Crippen LogP contribution in [-0.4, -0.2) is 7.11 Å².